The number of nitrogens with zero attached hydrogens (tertiary/aromatic N) is 4. The number of aromatic nitrogens is 4. The molecule has 1 aliphatic carbocycles. The van der Waals surface area contributed by atoms with Gasteiger partial charge in [0.1, 0.15) is 5.82 Å². The molecule has 0 aromatic carbocycles. The second kappa shape index (κ2) is 9.20. The van der Waals surface area contributed by atoms with Crippen LogP contribution in [-0.4, -0.2) is 45.4 Å². The molecule has 1 amide bonds. The van der Waals surface area contributed by atoms with Gasteiger partial charge in [-0.1, -0.05) is 0 Å². The standard InChI is InChI=1S/C18H27N7O2/c1-27-16-12-15(23-18(19)24-16)22-14-6-4-13(5-7-14)17(26)20-8-2-10-25-11-3-9-21-25/h3,9,11-14H,2,4-8,10H2,1H3,(H,20,26)(H3,19,22,23,24). The van der Waals surface area contributed by atoms with Crippen molar-refractivity contribution < 1.29 is 9.53 Å². The molecule has 2 aromatic rings. The van der Waals surface area contributed by atoms with Gasteiger partial charge in [-0.2, -0.15) is 15.1 Å². The molecule has 0 atom stereocenters. The van der Waals surface area contributed by atoms with Gasteiger partial charge in [0.25, 0.3) is 0 Å². The molecule has 0 spiro atoms. The van der Waals surface area contributed by atoms with E-state index in [1.165, 1.54) is 0 Å². The Bertz CT molecular complexity index is 727. The Balaban J connectivity index is 1.38. The minimum Gasteiger partial charge on any atom is -0.481 e. The van der Waals surface area contributed by atoms with E-state index >= 15 is 0 Å². The van der Waals surface area contributed by atoms with Crippen LogP contribution in [0.2, 0.25) is 0 Å². The Hall–Kier alpha value is -2.84. The molecule has 1 fully saturated rings. The van der Waals surface area contributed by atoms with Crippen molar-refractivity contribution in [2.24, 2.45) is 5.92 Å². The van der Waals surface area contributed by atoms with Crippen LogP contribution in [0.3, 0.4) is 0 Å². The van der Waals surface area contributed by atoms with Crippen molar-refractivity contribution >= 4 is 17.7 Å². The largest absolute Gasteiger partial charge is 0.481 e. The van der Waals surface area contributed by atoms with Crippen molar-refractivity contribution in [2.75, 3.05) is 24.7 Å². The summed E-state index contributed by atoms with van der Waals surface area (Å²) in [7, 11) is 1.55. The van der Waals surface area contributed by atoms with Crippen molar-refractivity contribution in [3.8, 4) is 5.88 Å². The highest BCUT2D eigenvalue weighted by Crippen LogP contribution is 2.27. The third kappa shape index (κ3) is 5.57. The van der Waals surface area contributed by atoms with Crippen LogP contribution in [0.5, 0.6) is 5.88 Å². The normalized spacial score (nSPS) is 19.4. The zero-order chi connectivity index (χ0) is 19.1. The number of ether oxygens (including phenoxy) is 1. The second-order valence-corrected chi connectivity index (χ2v) is 6.76. The van der Waals surface area contributed by atoms with E-state index in [-0.39, 0.29) is 23.8 Å². The molecule has 3 rings (SSSR count). The van der Waals surface area contributed by atoms with Crippen LogP contribution in [0.4, 0.5) is 11.8 Å². The molecule has 27 heavy (non-hydrogen) atoms. The van der Waals surface area contributed by atoms with E-state index in [9.17, 15) is 4.79 Å². The summed E-state index contributed by atoms with van der Waals surface area (Å²) < 4.78 is 6.99. The Morgan fingerprint density at radius 1 is 1.33 bits per heavy atom. The van der Waals surface area contributed by atoms with Crippen molar-refractivity contribution in [1.29, 1.82) is 0 Å². The number of hydrogen-bond donors (Lipinski definition) is 3. The molecule has 0 aliphatic heterocycles. The number of aryl methyl sites for hydroxylation is 1. The number of nitrogens with one attached hydrogen (secondary N) is 2. The number of carbonyl (C=O) groups excluding carboxylic acids is 1. The average Bonchev–Trinajstić information content (AvgIpc) is 3.18. The molecule has 2 heterocycles. The maximum Gasteiger partial charge on any atom is 0.225 e. The SMILES string of the molecule is COc1cc(NC2CCC(C(=O)NCCCn3cccn3)CC2)nc(N)n1. The Labute approximate surface area is 158 Å². The van der Waals surface area contributed by atoms with Gasteiger partial charge in [-0.05, 0) is 38.2 Å². The first-order chi connectivity index (χ1) is 13.1. The third-order valence-electron chi connectivity index (χ3n) is 4.80. The Kier molecular flexibility index (Phi) is 6.45. The quantitative estimate of drug-likeness (QED) is 0.599. The lowest BCUT2D eigenvalue weighted by molar-refractivity contribution is -0.125. The summed E-state index contributed by atoms with van der Waals surface area (Å²) in [5.74, 6) is 1.51. The number of carbonyl (C=O) groups is 1. The highest BCUT2D eigenvalue weighted by molar-refractivity contribution is 5.78. The molecule has 1 saturated carbocycles. The molecule has 9 nitrogen and oxygen atoms in total. The molecule has 0 bridgehead atoms. The van der Waals surface area contributed by atoms with Crippen molar-refractivity contribution in [2.45, 2.75) is 44.7 Å². The topological polar surface area (TPSA) is 120 Å². The lowest BCUT2D eigenvalue weighted by Crippen LogP contribution is -2.36. The van der Waals surface area contributed by atoms with Crippen LogP contribution in [0.1, 0.15) is 32.1 Å². The summed E-state index contributed by atoms with van der Waals surface area (Å²) >= 11 is 0. The fourth-order valence-electron chi connectivity index (χ4n) is 3.36. The molecule has 4 N–H and O–H groups in total. The summed E-state index contributed by atoms with van der Waals surface area (Å²) in [6.45, 7) is 1.49. The molecular weight excluding hydrogens is 346 g/mol. The van der Waals surface area contributed by atoms with Gasteiger partial charge in [0.15, 0.2) is 0 Å². The third-order valence-corrected chi connectivity index (χ3v) is 4.80. The second-order valence-electron chi connectivity index (χ2n) is 6.76. The number of nitrogens with two attached hydrogens (primary N) is 1. The minimum atomic E-state index is 0.0813. The number of anilines is 2. The van der Waals surface area contributed by atoms with E-state index < -0.39 is 0 Å². The number of amides is 1. The van der Waals surface area contributed by atoms with Gasteiger partial charge in [0.05, 0.1) is 7.11 Å². The van der Waals surface area contributed by atoms with Gasteiger partial charge in [0.2, 0.25) is 17.7 Å². The summed E-state index contributed by atoms with van der Waals surface area (Å²) in [6.07, 6.45) is 8.12. The van der Waals surface area contributed by atoms with E-state index in [2.05, 4.69) is 25.7 Å². The van der Waals surface area contributed by atoms with Crippen molar-refractivity contribution in [3.63, 3.8) is 0 Å². The maximum atomic E-state index is 12.3. The highest BCUT2D eigenvalue weighted by atomic mass is 16.5. The fourth-order valence-corrected chi connectivity index (χ4v) is 3.36. The minimum absolute atomic E-state index is 0.0813. The summed E-state index contributed by atoms with van der Waals surface area (Å²) in [5, 5.41) is 10.6. The van der Waals surface area contributed by atoms with E-state index in [4.69, 9.17) is 10.5 Å². The molecule has 0 saturated heterocycles. The summed E-state index contributed by atoms with van der Waals surface area (Å²) in [6, 6.07) is 3.90. The van der Waals surface area contributed by atoms with Gasteiger partial charge in [0, 0.05) is 43.5 Å². The van der Waals surface area contributed by atoms with Crippen LogP contribution < -0.4 is 21.1 Å². The predicted molar refractivity (Wildman–Crippen MR) is 102 cm³/mol. The molecule has 1 aliphatic rings. The number of hydrogen-bond acceptors (Lipinski definition) is 7. The van der Waals surface area contributed by atoms with Gasteiger partial charge >= 0.3 is 0 Å². The maximum absolute atomic E-state index is 12.3. The van der Waals surface area contributed by atoms with Crippen LogP contribution in [-0.2, 0) is 11.3 Å². The van der Waals surface area contributed by atoms with Gasteiger partial charge in [-0.15, -0.1) is 0 Å². The van der Waals surface area contributed by atoms with E-state index in [0.717, 1.165) is 38.6 Å². The zero-order valence-electron chi connectivity index (χ0n) is 15.6. The van der Waals surface area contributed by atoms with Crippen molar-refractivity contribution in [1.82, 2.24) is 25.1 Å². The Morgan fingerprint density at radius 3 is 2.85 bits per heavy atom. The number of nitrogen functional groups attached to an aromatic ring is 1. The summed E-state index contributed by atoms with van der Waals surface area (Å²) in [4.78, 5) is 20.5. The van der Waals surface area contributed by atoms with Crippen LogP contribution >= 0.6 is 0 Å². The summed E-state index contributed by atoms with van der Waals surface area (Å²) in [5.41, 5.74) is 5.69. The van der Waals surface area contributed by atoms with Crippen LogP contribution in [0.25, 0.3) is 0 Å². The smallest absolute Gasteiger partial charge is 0.225 e. The molecule has 9 heteroatoms. The molecule has 0 unspecified atom stereocenters. The first-order valence-corrected chi connectivity index (χ1v) is 9.34. The zero-order valence-corrected chi connectivity index (χ0v) is 15.6. The lowest BCUT2D eigenvalue weighted by Gasteiger charge is -2.28. The first kappa shape index (κ1) is 18.9. The monoisotopic (exact) mass is 373 g/mol. The first-order valence-electron chi connectivity index (χ1n) is 9.34. The van der Waals surface area contributed by atoms with Gasteiger partial charge in [-0.25, -0.2) is 0 Å². The van der Waals surface area contributed by atoms with Crippen LogP contribution in [0.15, 0.2) is 24.5 Å². The molecular formula is C18H27N7O2. The predicted octanol–water partition coefficient (Wildman–Crippen LogP) is 1.44. The lowest BCUT2D eigenvalue weighted by atomic mass is 9.85. The average molecular weight is 373 g/mol. The fraction of sp³-hybridized carbons (Fsp3) is 0.556. The van der Waals surface area contributed by atoms with Gasteiger partial charge in [-0.3, -0.25) is 9.48 Å². The molecule has 2 aromatic heterocycles. The highest BCUT2D eigenvalue weighted by Gasteiger charge is 2.26. The number of methoxy groups -OCH3 is 1. The van der Waals surface area contributed by atoms with Crippen LogP contribution in [0, 0.1) is 5.92 Å². The van der Waals surface area contributed by atoms with E-state index in [1.54, 1.807) is 19.4 Å². The Morgan fingerprint density at radius 2 is 2.15 bits per heavy atom. The van der Waals surface area contributed by atoms with E-state index in [0.29, 0.717) is 18.2 Å². The van der Waals surface area contributed by atoms with Gasteiger partial charge < -0.3 is 21.1 Å². The molecule has 146 valence electrons. The van der Waals surface area contributed by atoms with E-state index in [1.807, 2.05) is 16.9 Å². The number of rotatable bonds is 8. The van der Waals surface area contributed by atoms with Crippen molar-refractivity contribution in [3.05, 3.63) is 24.5 Å². The molecule has 0 radical (unpaired) electrons.